The van der Waals surface area contributed by atoms with Crippen LogP contribution in [0.25, 0.3) is 0 Å². The highest BCUT2D eigenvalue weighted by Gasteiger charge is 2.14. The van der Waals surface area contributed by atoms with Gasteiger partial charge < -0.3 is 14.8 Å². The fourth-order valence-corrected chi connectivity index (χ4v) is 3.63. The van der Waals surface area contributed by atoms with Crippen molar-refractivity contribution in [2.24, 2.45) is 0 Å². The minimum atomic E-state index is -0.280. The summed E-state index contributed by atoms with van der Waals surface area (Å²) in [6.07, 6.45) is 0. The van der Waals surface area contributed by atoms with E-state index >= 15 is 0 Å². The predicted molar refractivity (Wildman–Crippen MR) is 118 cm³/mol. The van der Waals surface area contributed by atoms with Crippen molar-refractivity contribution in [3.63, 3.8) is 0 Å². The van der Waals surface area contributed by atoms with Gasteiger partial charge in [0.05, 0.1) is 11.1 Å². The lowest BCUT2D eigenvalue weighted by atomic mass is 10.1. The third-order valence-electron chi connectivity index (χ3n) is 4.61. The molecule has 29 heavy (non-hydrogen) atoms. The second-order valence-corrected chi connectivity index (χ2v) is 7.59. The Balaban J connectivity index is 1.72. The monoisotopic (exact) mass is 457 g/mol. The van der Waals surface area contributed by atoms with Crippen LogP contribution in [0.2, 0.25) is 0 Å². The normalized spacial score (nSPS) is 11.9. The Morgan fingerprint density at radius 2 is 1.72 bits per heavy atom. The van der Waals surface area contributed by atoms with Crippen LogP contribution in [0, 0.1) is 5.82 Å². The Kier molecular flexibility index (Phi) is 7.67. The number of hydrogen-bond acceptors (Lipinski definition) is 3. The molecule has 0 saturated carbocycles. The molecule has 3 aromatic rings. The van der Waals surface area contributed by atoms with Crippen LogP contribution in [-0.4, -0.2) is 6.61 Å². The van der Waals surface area contributed by atoms with E-state index < -0.39 is 0 Å². The molecule has 0 saturated heterocycles. The summed E-state index contributed by atoms with van der Waals surface area (Å²) in [5.74, 6) is 0.939. The summed E-state index contributed by atoms with van der Waals surface area (Å²) in [7, 11) is 0. The van der Waals surface area contributed by atoms with Crippen LogP contribution in [0.1, 0.15) is 36.6 Å². The van der Waals surface area contributed by atoms with Crippen LogP contribution in [0.5, 0.6) is 11.5 Å². The van der Waals surface area contributed by atoms with Gasteiger partial charge in [-0.15, -0.1) is 0 Å². The van der Waals surface area contributed by atoms with Crippen molar-refractivity contribution in [3.8, 4) is 11.5 Å². The van der Waals surface area contributed by atoms with Gasteiger partial charge in [0.25, 0.3) is 0 Å². The van der Waals surface area contributed by atoms with Crippen molar-refractivity contribution in [2.75, 3.05) is 6.61 Å². The van der Waals surface area contributed by atoms with Gasteiger partial charge in [-0.3, -0.25) is 0 Å². The number of halogens is 2. The first kappa shape index (κ1) is 21.3. The van der Waals surface area contributed by atoms with Crippen LogP contribution in [0.15, 0.2) is 71.2 Å². The maximum atomic E-state index is 13.9. The quantitative estimate of drug-likeness (QED) is 0.402. The van der Waals surface area contributed by atoms with Gasteiger partial charge in [-0.05, 0) is 59.1 Å². The summed E-state index contributed by atoms with van der Waals surface area (Å²) in [4.78, 5) is 0. The van der Waals surface area contributed by atoms with Crippen LogP contribution in [0.4, 0.5) is 4.39 Å². The Bertz CT molecular complexity index is 933. The molecule has 3 nitrogen and oxygen atoms in total. The van der Waals surface area contributed by atoms with E-state index in [1.165, 1.54) is 11.6 Å². The number of hydrogen-bond donors (Lipinski definition) is 1. The maximum Gasteiger partial charge on any atom is 0.175 e. The van der Waals surface area contributed by atoms with E-state index in [2.05, 4.69) is 40.3 Å². The predicted octanol–water partition coefficient (Wildman–Crippen LogP) is 6.42. The lowest BCUT2D eigenvalue weighted by molar-refractivity contribution is 0.264. The molecule has 152 valence electrons. The van der Waals surface area contributed by atoms with E-state index in [1.807, 2.05) is 37.3 Å². The summed E-state index contributed by atoms with van der Waals surface area (Å²) >= 11 is 3.59. The van der Waals surface area contributed by atoms with Gasteiger partial charge in [-0.25, -0.2) is 4.39 Å². The summed E-state index contributed by atoms with van der Waals surface area (Å²) in [6.45, 7) is 5.40. The highest BCUT2D eigenvalue weighted by Crippen LogP contribution is 2.37. The number of nitrogens with one attached hydrogen (secondary N) is 1. The molecular weight excluding hydrogens is 433 g/mol. The van der Waals surface area contributed by atoms with E-state index in [1.54, 1.807) is 18.2 Å². The Hall–Kier alpha value is -2.37. The second kappa shape index (κ2) is 10.4. The molecule has 1 unspecified atom stereocenters. The Labute approximate surface area is 180 Å². The van der Waals surface area contributed by atoms with Gasteiger partial charge >= 0.3 is 0 Å². The third kappa shape index (κ3) is 5.81. The Morgan fingerprint density at radius 1 is 1.00 bits per heavy atom. The molecule has 5 heteroatoms. The zero-order valence-corrected chi connectivity index (χ0v) is 18.2. The lowest BCUT2D eigenvalue weighted by Gasteiger charge is -2.18. The molecule has 0 spiro atoms. The highest BCUT2D eigenvalue weighted by atomic mass is 79.9. The molecule has 0 fully saturated rings. The standard InChI is InChI=1S/C24H25BrFNO2/c1-3-28-23-14-18(15-27-17(2)19-9-5-4-6-10-19)13-21(25)24(23)29-16-20-11-7-8-12-22(20)26/h4-14,17,27H,3,15-16H2,1-2H3. The summed E-state index contributed by atoms with van der Waals surface area (Å²) in [5, 5.41) is 3.53. The molecule has 1 atom stereocenters. The van der Waals surface area contributed by atoms with Crippen molar-refractivity contribution in [3.05, 3.63) is 93.7 Å². The Morgan fingerprint density at radius 3 is 2.45 bits per heavy atom. The van der Waals surface area contributed by atoms with Gasteiger partial charge in [0, 0.05) is 18.2 Å². The number of ether oxygens (including phenoxy) is 2. The van der Waals surface area contributed by atoms with Crippen LogP contribution in [0.3, 0.4) is 0 Å². The smallest absolute Gasteiger partial charge is 0.175 e. The minimum absolute atomic E-state index is 0.133. The van der Waals surface area contributed by atoms with Gasteiger partial charge in [0.1, 0.15) is 12.4 Å². The molecule has 3 aromatic carbocycles. The average Bonchev–Trinajstić information content (AvgIpc) is 2.73. The van der Waals surface area contributed by atoms with Crippen molar-refractivity contribution >= 4 is 15.9 Å². The average molecular weight is 458 g/mol. The van der Waals surface area contributed by atoms with Gasteiger partial charge in [0.15, 0.2) is 11.5 Å². The zero-order chi connectivity index (χ0) is 20.6. The first-order valence-electron chi connectivity index (χ1n) is 9.68. The fourth-order valence-electron chi connectivity index (χ4n) is 3.02. The molecule has 0 bridgehead atoms. The van der Waals surface area contributed by atoms with Crippen LogP contribution >= 0.6 is 15.9 Å². The van der Waals surface area contributed by atoms with Gasteiger partial charge in [-0.2, -0.15) is 0 Å². The van der Waals surface area contributed by atoms with E-state index in [4.69, 9.17) is 9.47 Å². The molecule has 0 radical (unpaired) electrons. The number of rotatable bonds is 9. The highest BCUT2D eigenvalue weighted by molar-refractivity contribution is 9.10. The molecule has 0 aliphatic rings. The van der Waals surface area contributed by atoms with E-state index in [-0.39, 0.29) is 18.5 Å². The summed E-state index contributed by atoms with van der Waals surface area (Å²) in [6, 6.07) is 21.1. The number of benzene rings is 3. The van der Waals surface area contributed by atoms with E-state index in [0.717, 1.165) is 10.0 Å². The van der Waals surface area contributed by atoms with Crippen LogP contribution < -0.4 is 14.8 Å². The molecule has 3 rings (SSSR count). The van der Waals surface area contributed by atoms with Crippen LogP contribution in [-0.2, 0) is 13.2 Å². The summed E-state index contributed by atoms with van der Waals surface area (Å²) in [5.41, 5.74) is 2.81. The molecule has 0 amide bonds. The second-order valence-electron chi connectivity index (χ2n) is 6.73. The first-order chi connectivity index (χ1) is 14.1. The van der Waals surface area contributed by atoms with Gasteiger partial charge in [-0.1, -0.05) is 48.5 Å². The SMILES string of the molecule is CCOc1cc(CNC(C)c2ccccc2)cc(Br)c1OCc1ccccc1F. The largest absolute Gasteiger partial charge is 0.490 e. The lowest BCUT2D eigenvalue weighted by Crippen LogP contribution is -2.18. The maximum absolute atomic E-state index is 13.9. The van der Waals surface area contributed by atoms with E-state index in [9.17, 15) is 4.39 Å². The van der Waals surface area contributed by atoms with Crippen molar-refractivity contribution in [1.82, 2.24) is 5.32 Å². The van der Waals surface area contributed by atoms with Crippen molar-refractivity contribution in [2.45, 2.75) is 33.0 Å². The first-order valence-corrected chi connectivity index (χ1v) is 10.5. The summed E-state index contributed by atoms with van der Waals surface area (Å²) < 4.78 is 26.4. The fraction of sp³-hybridized carbons (Fsp3) is 0.250. The van der Waals surface area contributed by atoms with Gasteiger partial charge in [0.2, 0.25) is 0 Å². The van der Waals surface area contributed by atoms with Crippen molar-refractivity contribution < 1.29 is 13.9 Å². The molecular formula is C24H25BrFNO2. The molecule has 0 aliphatic carbocycles. The zero-order valence-electron chi connectivity index (χ0n) is 16.6. The molecule has 0 heterocycles. The van der Waals surface area contributed by atoms with Crippen molar-refractivity contribution in [1.29, 1.82) is 0 Å². The third-order valence-corrected chi connectivity index (χ3v) is 5.20. The topological polar surface area (TPSA) is 30.5 Å². The van der Waals surface area contributed by atoms with E-state index in [0.29, 0.717) is 30.2 Å². The molecule has 0 aromatic heterocycles. The molecule has 0 aliphatic heterocycles. The minimum Gasteiger partial charge on any atom is -0.490 e. The molecule has 1 N–H and O–H groups in total.